The summed E-state index contributed by atoms with van der Waals surface area (Å²) in [6.45, 7) is 5.52. The first-order valence-electron chi connectivity index (χ1n) is 8.18. The van der Waals surface area contributed by atoms with Gasteiger partial charge in [0, 0.05) is 10.4 Å². The highest BCUT2D eigenvalue weighted by Crippen LogP contribution is 2.28. The van der Waals surface area contributed by atoms with Crippen molar-refractivity contribution in [3.63, 3.8) is 0 Å². The van der Waals surface area contributed by atoms with Crippen LogP contribution in [0.2, 0.25) is 0 Å². The van der Waals surface area contributed by atoms with E-state index in [1.54, 1.807) is 24.3 Å². The molecule has 0 unspecified atom stereocenters. The Morgan fingerprint density at radius 3 is 2.69 bits per heavy atom. The number of nitrogens with zero attached hydrogens (tertiary/aromatic N) is 2. The van der Waals surface area contributed by atoms with Gasteiger partial charge in [-0.15, -0.1) is 11.3 Å². The molecule has 132 valence electrons. The van der Waals surface area contributed by atoms with Crippen molar-refractivity contribution in [2.75, 3.05) is 0 Å². The fourth-order valence-electron chi connectivity index (χ4n) is 2.76. The molecule has 2 heterocycles. The maximum atomic E-state index is 12.5. The van der Waals surface area contributed by atoms with Crippen molar-refractivity contribution in [3.05, 3.63) is 50.6 Å². The number of hydrogen-bond acceptors (Lipinski definition) is 6. The Morgan fingerprint density at radius 2 is 2.08 bits per heavy atom. The number of hydrogen-bond donors (Lipinski definition) is 1. The summed E-state index contributed by atoms with van der Waals surface area (Å²) < 4.78 is 4.96. The van der Waals surface area contributed by atoms with Gasteiger partial charge in [0.05, 0.1) is 10.9 Å². The fourth-order valence-corrected chi connectivity index (χ4v) is 3.87. The third-order valence-corrected chi connectivity index (χ3v) is 5.12. The molecular weight excluding hydrogens is 350 g/mol. The molecule has 26 heavy (non-hydrogen) atoms. The molecule has 1 aromatic carbocycles. The molecule has 7 heteroatoms. The summed E-state index contributed by atoms with van der Waals surface area (Å²) in [4.78, 5) is 33.6. The summed E-state index contributed by atoms with van der Waals surface area (Å²) in [5.41, 5.74) is 1.91. The lowest BCUT2D eigenvalue weighted by molar-refractivity contribution is 0.0435. The van der Waals surface area contributed by atoms with Crippen molar-refractivity contribution in [2.24, 2.45) is 0 Å². The molecule has 6 nitrogen and oxygen atoms in total. The van der Waals surface area contributed by atoms with Gasteiger partial charge >= 0.3 is 5.97 Å². The van der Waals surface area contributed by atoms with Crippen LogP contribution in [-0.4, -0.2) is 22.0 Å². The van der Waals surface area contributed by atoms with Gasteiger partial charge in [-0.25, -0.2) is 9.78 Å². The maximum Gasteiger partial charge on any atom is 0.339 e. The minimum Gasteiger partial charge on any atom is -0.444 e. The number of H-pyrrole nitrogens is 1. The van der Waals surface area contributed by atoms with Crippen molar-refractivity contribution >= 4 is 27.5 Å². The van der Waals surface area contributed by atoms with Crippen molar-refractivity contribution in [1.82, 2.24) is 9.97 Å². The second-order valence-corrected chi connectivity index (χ2v) is 7.04. The molecule has 0 saturated carbocycles. The van der Waals surface area contributed by atoms with Gasteiger partial charge in [0.1, 0.15) is 16.7 Å². The lowest BCUT2D eigenvalue weighted by atomic mass is 10.1. The third kappa shape index (κ3) is 3.24. The number of aryl methyl sites for hydroxylation is 2. The number of carbonyl (C=O) groups excluding carboxylic acids is 1. The van der Waals surface area contributed by atoms with Gasteiger partial charge < -0.3 is 9.72 Å². The summed E-state index contributed by atoms with van der Waals surface area (Å²) in [6, 6.07) is 8.41. The second-order valence-electron chi connectivity index (χ2n) is 5.84. The smallest absolute Gasteiger partial charge is 0.339 e. The van der Waals surface area contributed by atoms with Crippen LogP contribution in [-0.2, 0) is 11.2 Å². The Hall–Kier alpha value is -2.98. The first-order chi connectivity index (χ1) is 12.4. The Labute approximate surface area is 154 Å². The maximum absolute atomic E-state index is 12.5. The molecule has 0 aliphatic rings. The fraction of sp³-hybridized carbons (Fsp3) is 0.263. The summed E-state index contributed by atoms with van der Waals surface area (Å²) in [7, 11) is 0. The average molecular weight is 367 g/mol. The number of benzene rings is 1. The Kier molecular flexibility index (Phi) is 4.87. The molecule has 0 amide bonds. The molecule has 0 aliphatic carbocycles. The van der Waals surface area contributed by atoms with E-state index in [0.717, 1.165) is 16.9 Å². The number of thiophene rings is 1. The number of esters is 1. The van der Waals surface area contributed by atoms with Crippen molar-refractivity contribution < 1.29 is 9.53 Å². The van der Waals surface area contributed by atoms with Crippen LogP contribution in [0.25, 0.3) is 21.6 Å². The molecule has 0 fully saturated rings. The predicted octanol–water partition coefficient (Wildman–Crippen LogP) is 3.59. The van der Waals surface area contributed by atoms with Crippen molar-refractivity contribution in [1.29, 1.82) is 5.26 Å². The minimum absolute atomic E-state index is 0.155. The zero-order valence-corrected chi connectivity index (χ0v) is 15.4. The van der Waals surface area contributed by atoms with Gasteiger partial charge in [-0.2, -0.15) is 5.26 Å². The number of nitriles is 1. The van der Waals surface area contributed by atoms with Gasteiger partial charge in [-0.3, -0.25) is 4.79 Å². The molecule has 3 aromatic rings. The van der Waals surface area contributed by atoms with Crippen LogP contribution in [0, 0.1) is 18.3 Å². The highest BCUT2D eigenvalue weighted by Gasteiger charge is 2.15. The van der Waals surface area contributed by atoms with Gasteiger partial charge in [0.2, 0.25) is 0 Å². The monoisotopic (exact) mass is 367 g/mol. The summed E-state index contributed by atoms with van der Waals surface area (Å²) in [5, 5.41) is 9.36. The Bertz CT molecular complexity index is 1070. The van der Waals surface area contributed by atoms with E-state index in [1.807, 2.05) is 19.9 Å². The minimum atomic E-state index is -0.808. The van der Waals surface area contributed by atoms with Crippen LogP contribution < -0.4 is 5.56 Å². The number of aromatic nitrogens is 2. The van der Waals surface area contributed by atoms with E-state index in [0.29, 0.717) is 27.2 Å². The van der Waals surface area contributed by atoms with Gasteiger partial charge in [0.25, 0.3) is 5.56 Å². The van der Waals surface area contributed by atoms with E-state index in [-0.39, 0.29) is 5.56 Å². The normalized spacial score (nSPS) is 11.9. The number of aromatic amines is 1. The molecule has 0 radical (unpaired) electrons. The van der Waals surface area contributed by atoms with Crippen LogP contribution >= 0.6 is 11.3 Å². The van der Waals surface area contributed by atoms with E-state index in [2.05, 4.69) is 9.97 Å². The molecular formula is C19H17N3O3S. The molecule has 0 spiro atoms. The lowest BCUT2D eigenvalue weighted by Gasteiger charge is -2.07. The first kappa shape index (κ1) is 17.8. The second kappa shape index (κ2) is 7.10. The van der Waals surface area contributed by atoms with Crippen LogP contribution in [0.4, 0.5) is 0 Å². The molecule has 1 N–H and O–H groups in total. The average Bonchev–Trinajstić information content (AvgIpc) is 2.97. The van der Waals surface area contributed by atoms with Crippen LogP contribution in [0.5, 0.6) is 0 Å². The zero-order chi connectivity index (χ0) is 18.8. The van der Waals surface area contributed by atoms with Gasteiger partial charge in [-0.05, 0) is 38.0 Å². The van der Waals surface area contributed by atoms with E-state index in [9.17, 15) is 9.59 Å². The van der Waals surface area contributed by atoms with Crippen LogP contribution in [0.1, 0.15) is 34.6 Å². The molecule has 0 saturated heterocycles. The molecule has 0 aliphatic heterocycles. The Balaban J connectivity index is 1.96. The highest BCUT2D eigenvalue weighted by molar-refractivity contribution is 7.18. The van der Waals surface area contributed by atoms with Gasteiger partial charge in [0.15, 0.2) is 6.10 Å². The van der Waals surface area contributed by atoms with E-state index in [4.69, 9.17) is 10.00 Å². The van der Waals surface area contributed by atoms with Crippen LogP contribution in [0.15, 0.2) is 29.1 Å². The predicted molar refractivity (Wildman–Crippen MR) is 100 cm³/mol. The SMILES string of the molecule is CCc1c(C)sc2nc(-c3ccc(C(=O)O[C@H](C)C#N)cc3)[nH]c(=O)c12. The molecule has 2 aromatic heterocycles. The lowest BCUT2D eigenvalue weighted by Crippen LogP contribution is -2.13. The standard InChI is InChI=1S/C19H17N3O3S/c1-4-14-11(3)26-18-15(14)17(23)21-16(22-18)12-5-7-13(8-6-12)19(24)25-10(2)9-20/h5-8,10H,4H2,1-3H3,(H,21,22,23)/t10-/m1/s1. The molecule has 0 bridgehead atoms. The Morgan fingerprint density at radius 1 is 1.38 bits per heavy atom. The van der Waals surface area contributed by atoms with E-state index in [1.165, 1.54) is 18.3 Å². The van der Waals surface area contributed by atoms with E-state index >= 15 is 0 Å². The summed E-state index contributed by atoms with van der Waals surface area (Å²) >= 11 is 1.51. The summed E-state index contributed by atoms with van der Waals surface area (Å²) in [6.07, 6.45) is -0.0223. The number of carbonyl (C=O) groups is 1. The molecule has 1 atom stereocenters. The highest BCUT2D eigenvalue weighted by atomic mass is 32.1. The number of nitrogens with one attached hydrogen (secondary N) is 1. The first-order valence-corrected chi connectivity index (χ1v) is 8.99. The molecule has 3 rings (SSSR count). The van der Waals surface area contributed by atoms with Gasteiger partial charge in [-0.1, -0.05) is 19.1 Å². The largest absolute Gasteiger partial charge is 0.444 e. The number of fused-ring (bicyclic) bond motifs is 1. The number of ether oxygens (including phenoxy) is 1. The topological polar surface area (TPSA) is 95.8 Å². The quantitative estimate of drug-likeness (QED) is 0.711. The third-order valence-electron chi connectivity index (χ3n) is 4.08. The summed E-state index contributed by atoms with van der Waals surface area (Å²) in [5.74, 6) is -0.110. The van der Waals surface area contributed by atoms with Crippen LogP contribution in [0.3, 0.4) is 0 Å². The zero-order valence-electron chi connectivity index (χ0n) is 14.6. The van der Waals surface area contributed by atoms with Crippen molar-refractivity contribution in [2.45, 2.75) is 33.3 Å². The number of rotatable bonds is 4. The van der Waals surface area contributed by atoms with E-state index < -0.39 is 12.1 Å². The van der Waals surface area contributed by atoms with Crippen molar-refractivity contribution in [3.8, 4) is 17.5 Å².